The Kier molecular flexibility index (Phi) is 4.75. The second kappa shape index (κ2) is 6.52. The summed E-state index contributed by atoms with van der Waals surface area (Å²) in [6.45, 7) is -0.339. The molecule has 1 amide bonds. The van der Waals surface area contributed by atoms with Gasteiger partial charge in [-0.05, 0) is 49.3 Å². The molecule has 2 saturated carbocycles. The molecular weight excluding hydrogens is 355 g/mol. The maximum atomic E-state index is 13.3. The molecule has 0 aliphatic heterocycles. The van der Waals surface area contributed by atoms with Gasteiger partial charge in [0.2, 0.25) is 15.9 Å². The van der Waals surface area contributed by atoms with Crippen LogP contribution < -0.4 is 9.62 Å². The van der Waals surface area contributed by atoms with E-state index < -0.39 is 15.8 Å². The smallest absolute Gasteiger partial charge is 0.241 e. The molecule has 1 aromatic rings. The Morgan fingerprint density at radius 1 is 1.38 bits per heavy atom. The number of sulfonamides is 1. The molecule has 0 aromatic heterocycles. The van der Waals surface area contributed by atoms with Crippen LogP contribution in [0.4, 0.5) is 10.1 Å². The number of amides is 1. The molecule has 0 radical (unpaired) electrons. The van der Waals surface area contributed by atoms with Crippen LogP contribution in [0.5, 0.6) is 0 Å². The average Bonchev–Trinajstić information content (AvgIpc) is 3.09. The molecule has 132 valence electrons. The Morgan fingerprint density at radius 3 is 2.67 bits per heavy atom. The van der Waals surface area contributed by atoms with Crippen molar-refractivity contribution in [2.45, 2.75) is 31.7 Å². The van der Waals surface area contributed by atoms with Gasteiger partial charge in [-0.3, -0.25) is 9.10 Å². The van der Waals surface area contributed by atoms with Crippen LogP contribution in [0.25, 0.3) is 0 Å². The molecule has 0 heterocycles. The van der Waals surface area contributed by atoms with Crippen LogP contribution in [0.15, 0.2) is 18.2 Å². The minimum atomic E-state index is -3.70. The molecule has 0 saturated heterocycles. The molecule has 8 heteroatoms. The summed E-state index contributed by atoms with van der Waals surface area (Å²) in [6.07, 6.45) is 5.47. The van der Waals surface area contributed by atoms with Crippen molar-refractivity contribution in [2.24, 2.45) is 11.8 Å². The van der Waals surface area contributed by atoms with Crippen molar-refractivity contribution >= 4 is 33.2 Å². The van der Waals surface area contributed by atoms with E-state index in [2.05, 4.69) is 5.32 Å². The van der Waals surface area contributed by atoms with Gasteiger partial charge in [0, 0.05) is 6.04 Å². The number of anilines is 1. The molecule has 3 atom stereocenters. The number of halogens is 2. The van der Waals surface area contributed by atoms with Crippen molar-refractivity contribution in [1.82, 2.24) is 5.32 Å². The number of hydrogen-bond acceptors (Lipinski definition) is 3. The molecule has 2 aliphatic carbocycles. The molecule has 3 rings (SSSR count). The van der Waals surface area contributed by atoms with Gasteiger partial charge in [-0.25, -0.2) is 12.8 Å². The Hall–Kier alpha value is -1.34. The van der Waals surface area contributed by atoms with Gasteiger partial charge in [0.25, 0.3) is 0 Å². The second-order valence-corrected chi connectivity index (χ2v) is 9.03. The van der Waals surface area contributed by atoms with Crippen LogP contribution in [-0.2, 0) is 14.8 Å². The number of rotatable bonds is 5. The van der Waals surface area contributed by atoms with E-state index in [0.717, 1.165) is 35.9 Å². The standard InChI is InChI=1S/C16H20ClFN2O3S/c1-24(22,23)20(12-4-5-14(18)13(17)8-12)9-16(21)19-15-7-10-2-3-11(15)6-10/h4-5,8,10-11,15H,2-3,6-7,9H2,1H3,(H,19,21)/t10-,11-,15-/m0/s1. The van der Waals surface area contributed by atoms with Crippen LogP contribution in [0, 0.1) is 17.7 Å². The van der Waals surface area contributed by atoms with Gasteiger partial charge in [-0.15, -0.1) is 0 Å². The summed E-state index contributed by atoms with van der Waals surface area (Å²) in [5.74, 6) is 0.201. The zero-order valence-corrected chi connectivity index (χ0v) is 14.9. The van der Waals surface area contributed by atoms with E-state index in [0.29, 0.717) is 11.8 Å². The van der Waals surface area contributed by atoms with Gasteiger partial charge < -0.3 is 5.32 Å². The highest BCUT2D eigenvalue weighted by Gasteiger charge is 2.40. The van der Waals surface area contributed by atoms with Gasteiger partial charge in [-0.1, -0.05) is 18.0 Å². The van der Waals surface area contributed by atoms with Gasteiger partial charge in [0.15, 0.2) is 0 Å². The molecular formula is C16H20ClFN2O3S. The van der Waals surface area contributed by atoms with E-state index in [1.807, 2.05) is 0 Å². The number of benzene rings is 1. The summed E-state index contributed by atoms with van der Waals surface area (Å²) < 4.78 is 38.3. The monoisotopic (exact) mass is 374 g/mol. The molecule has 2 bridgehead atoms. The highest BCUT2D eigenvalue weighted by molar-refractivity contribution is 7.92. The van der Waals surface area contributed by atoms with E-state index in [-0.39, 0.29) is 29.2 Å². The maximum absolute atomic E-state index is 13.3. The van der Waals surface area contributed by atoms with Crippen LogP contribution in [0.1, 0.15) is 25.7 Å². The number of fused-ring (bicyclic) bond motifs is 2. The van der Waals surface area contributed by atoms with Crippen molar-refractivity contribution in [2.75, 3.05) is 17.1 Å². The van der Waals surface area contributed by atoms with Gasteiger partial charge in [0.05, 0.1) is 17.0 Å². The van der Waals surface area contributed by atoms with Gasteiger partial charge in [-0.2, -0.15) is 0 Å². The summed E-state index contributed by atoms with van der Waals surface area (Å²) in [5, 5.41) is 2.77. The van der Waals surface area contributed by atoms with Crippen LogP contribution in [-0.4, -0.2) is 33.2 Å². The molecule has 1 N–H and O–H groups in total. The first-order valence-electron chi connectivity index (χ1n) is 7.96. The first-order valence-corrected chi connectivity index (χ1v) is 10.2. The summed E-state index contributed by atoms with van der Waals surface area (Å²) in [6, 6.07) is 3.73. The number of hydrogen-bond donors (Lipinski definition) is 1. The molecule has 5 nitrogen and oxygen atoms in total. The zero-order valence-electron chi connectivity index (χ0n) is 13.3. The normalized spacial score (nSPS) is 25.7. The van der Waals surface area contributed by atoms with Crippen LogP contribution >= 0.6 is 11.6 Å². The van der Waals surface area contributed by atoms with E-state index in [1.54, 1.807) is 0 Å². The molecule has 2 aliphatic rings. The zero-order chi connectivity index (χ0) is 17.5. The Balaban J connectivity index is 1.72. The molecule has 2 fully saturated rings. The number of nitrogens with zero attached hydrogens (tertiary/aromatic N) is 1. The largest absolute Gasteiger partial charge is 0.352 e. The summed E-state index contributed by atoms with van der Waals surface area (Å²) >= 11 is 5.73. The van der Waals surface area contributed by atoms with E-state index in [4.69, 9.17) is 11.6 Å². The Labute approximate surface area is 146 Å². The fourth-order valence-corrected chi connectivity index (χ4v) is 4.87. The van der Waals surface area contributed by atoms with Crippen LogP contribution in [0.2, 0.25) is 5.02 Å². The topological polar surface area (TPSA) is 66.5 Å². The van der Waals surface area contributed by atoms with Crippen molar-refractivity contribution in [1.29, 1.82) is 0 Å². The first kappa shape index (κ1) is 17.5. The molecule has 0 spiro atoms. The third-order valence-electron chi connectivity index (χ3n) is 4.96. The SMILES string of the molecule is CS(=O)(=O)N(CC(=O)N[C@H]1C[C@H]2CC[C@H]1C2)c1ccc(F)c(Cl)c1. The quantitative estimate of drug-likeness (QED) is 0.861. The maximum Gasteiger partial charge on any atom is 0.241 e. The number of carbonyl (C=O) groups is 1. The van der Waals surface area contributed by atoms with E-state index >= 15 is 0 Å². The summed E-state index contributed by atoms with van der Waals surface area (Å²) in [4.78, 5) is 12.3. The van der Waals surface area contributed by atoms with Crippen molar-refractivity contribution in [3.05, 3.63) is 29.0 Å². The van der Waals surface area contributed by atoms with Gasteiger partial charge >= 0.3 is 0 Å². The lowest BCUT2D eigenvalue weighted by molar-refractivity contribution is -0.120. The molecule has 0 unspecified atom stereocenters. The average molecular weight is 375 g/mol. The summed E-state index contributed by atoms with van der Waals surface area (Å²) in [7, 11) is -3.70. The second-order valence-electron chi connectivity index (χ2n) is 6.72. The molecule has 24 heavy (non-hydrogen) atoms. The number of carbonyl (C=O) groups excluding carboxylic acids is 1. The minimum absolute atomic E-state index is 0.134. The third kappa shape index (κ3) is 3.67. The van der Waals surface area contributed by atoms with E-state index in [9.17, 15) is 17.6 Å². The predicted octanol–water partition coefficient (Wildman–Crippen LogP) is 2.55. The van der Waals surface area contributed by atoms with Gasteiger partial charge in [0.1, 0.15) is 12.4 Å². The minimum Gasteiger partial charge on any atom is -0.352 e. The number of nitrogens with one attached hydrogen (secondary N) is 1. The van der Waals surface area contributed by atoms with Crippen LogP contribution in [0.3, 0.4) is 0 Å². The van der Waals surface area contributed by atoms with Crippen molar-refractivity contribution in [3.8, 4) is 0 Å². The lowest BCUT2D eigenvalue weighted by Crippen LogP contribution is -2.45. The Morgan fingerprint density at radius 2 is 2.12 bits per heavy atom. The first-order chi connectivity index (χ1) is 11.2. The predicted molar refractivity (Wildman–Crippen MR) is 91.0 cm³/mol. The van der Waals surface area contributed by atoms with Crippen molar-refractivity contribution in [3.63, 3.8) is 0 Å². The lowest BCUT2D eigenvalue weighted by atomic mass is 9.95. The highest BCUT2D eigenvalue weighted by Crippen LogP contribution is 2.44. The highest BCUT2D eigenvalue weighted by atomic mass is 35.5. The summed E-state index contributed by atoms with van der Waals surface area (Å²) in [5.41, 5.74) is 0.173. The fourth-order valence-electron chi connectivity index (χ4n) is 3.84. The Bertz CT molecular complexity index is 756. The van der Waals surface area contributed by atoms with E-state index in [1.165, 1.54) is 18.6 Å². The lowest BCUT2D eigenvalue weighted by Gasteiger charge is -2.26. The molecule has 1 aromatic carbocycles. The fraction of sp³-hybridized carbons (Fsp3) is 0.562. The van der Waals surface area contributed by atoms with Crippen molar-refractivity contribution < 1.29 is 17.6 Å². The third-order valence-corrected chi connectivity index (χ3v) is 6.39.